The SMILES string of the molecule is Cc1ccc(-c2nc(-c3ccc(Cl)cc3)cs2)cc1. The highest BCUT2D eigenvalue weighted by Crippen LogP contribution is 2.29. The summed E-state index contributed by atoms with van der Waals surface area (Å²) in [5, 5.41) is 3.88. The van der Waals surface area contributed by atoms with Crippen molar-refractivity contribution in [1.82, 2.24) is 4.98 Å². The fraction of sp³-hybridized carbons (Fsp3) is 0.0625. The molecule has 19 heavy (non-hydrogen) atoms. The van der Waals surface area contributed by atoms with E-state index in [4.69, 9.17) is 11.6 Å². The van der Waals surface area contributed by atoms with Crippen LogP contribution in [0.5, 0.6) is 0 Å². The number of benzene rings is 2. The molecule has 0 aliphatic rings. The van der Waals surface area contributed by atoms with Crippen LogP contribution in [0.15, 0.2) is 53.9 Å². The molecule has 0 N–H and O–H groups in total. The number of nitrogens with zero attached hydrogens (tertiary/aromatic N) is 1. The van der Waals surface area contributed by atoms with Gasteiger partial charge in [0.1, 0.15) is 5.01 Å². The fourth-order valence-corrected chi connectivity index (χ4v) is 2.82. The van der Waals surface area contributed by atoms with Crippen LogP contribution in [0.4, 0.5) is 0 Å². The molecule has 0 amide bonds. The van der Waals surface area contributed by atoms with Gasteiger partial charge in [0.25, 0.3) is 0 Å². The van der Waals surface area contributed by atoms with Gasteiger partial charge >= 0.3 is 0 Å². The standard InChI is InChI=1S/C16H12ClNS/c1-11-2-4-13(5-3-11)16-18-15(10-19-16)12-6-8-14(17)9-7-12/h2-10H,1H3. The van der Waals surface area contributed by atoms with Gasteiger partial charge in [-0.05, 0) is 19.1 Å². The number of thiazole rings is 1. The van der Waals surface area contributed by atoms with Crippen LogP contribution in [-0.2, 0) is 0 Å². The third kappa shape index (κ3) is 2.70. The normalized spacial score (nSPS) is 10.6. The Morgan fingerprint density at radius 1 is 0.895 bits per heavy atom. The van der Waals surface area contributed by atoms with E-state index in [1.54, 1.807) is 11.3 Å². The minimum atomic E-state index is 0.748. The quantitative estimate of drug-likeness (QED) is 0.611. The molecule has 2 aromatic carbocycles. The summed E-state index contributed by atoms with van der Waals surface area (Å²) >= 11 is 7.56. The third-order valence-electron chi connectivity index (χ3n) is 2.94. The van der Waals surface area contributed by atoms with Crippen molar-refractivity contribution >= 4 is 22.9 Å². The molecule has 0 spiro atoms. The van der Waals surface area contributed by atoms with Crippen LogP contribution in [0.1, 0.15) is 5.56 Å². The first kappa shape index (κ1) is 12.4. The smallest absolute Gasteiger partial charge is 0.124 e. The second-order valence-electron chi connectivity index (χ2n) is 4.41. The summed E-state index contributed by atoms with van der Waals surface area (Å²) in [6.07, 6.45) is 0. The largest absolute Gasteiger partial charge is 0.236 e. The molecule has 1 heterocycles. The van der Waals surface area contributed by atoms with Gasteiger partial charge in [-0.15, -0.1) is 11.3 Å². The highest BCUT2D eigenvalue weighted by Gasteiger charge is 2.06. The molecular weight excluding hydrogens is 274 g/mol. The maximum atomic E-state index is 5.90. The lowest BCUT2D eigenvalue weighted by Gasteiger charge is -1.98. The Morgan fingerprint density at radius 2 is 1.53 bits per heavy atom. The van der Waals surface area contributed by atoms with Gasteiger partial charge in [-0.1, -0.05) is 53.6 Å². The van der Waals surface area contributed by atoms with Crippen LogP contribution in [-0.4, -0.2) is 4.98 Å². The number of halogens is 1. The van der Waals surface area contributed by atoms with Crippen LogP contribution in [0.2, 0.25) is 5.02 Å². The van der Waals surface area contributed by atoms with Crippen molar-refractivity contribution in [2.45, 2.75) is 6.92 Å². The molecule has 3 rings (SSSR count). The van der Waals surface area contributed by atoms with Crippen LogP contribution in [0.25, 0.3) is 21.8 Å². The van der Waals surface area contributed by atoms with Gasteiger partial charge in [-0.3, -0.25) is 0 Å². The highest BCUT2D eigenvalue weighted by atomic mass is 35.5. The number of hydrogen-bond acceptors (Lipinski definition) is 2. The zero-order valence-electron chi connectivity index (χ0n) is 10.4. The number of rotatable bonds is 2. The zero-order valence-corrected chi connectivity index (χ0v) is 12.0. The van der Waals surface area contributed by atoms with Crippen LogP contribution in [0.3, 0.4) is 0 Å². The van der Waals surface area contributed by atoms with Crippen LogP contribution >= 0.6 is 22.9 Å². The topological polar surface area (TPSA) is 12.9 Å². The van der Waals surface area contributed by atoms with Crippen molar-refractivity contribution in [3.8, 4) is 21.8 Å². The average Bonchev–Trinajstić information content (AvgIpc) is 2.90. The first-order chi connectivity index (χ1) is 9.22. The van der Waals surface area contributed by atoms with E-state index in [1.165, 1.54) is 5.56 Å². The van der Waals surface area contributed by atoms with Crippen molar-refractivity contribution in [3.05, 3.63) is 64.5 Å². The minimum absolute atomic E-state index is 0.748. The molecular formula is C16H12ClNS. The number of aryl methyl sites for hydroxylation is 1. The van der Waals surface area contributed by atoms with Gasteiger partial charge in [0, 0.05) is 21.5 Å². The second kappa shape index (κ2) is 5.16. The van der Waals surface area contributed by atoms with Crippen molar-refractivity contribution in [2.24, 2.45) is 0 Å². The van der Waals surface area contributed by atoms with E-state index in [-0.39, 0.29) is 0 Å². The molecule has 94 valence electrons. The molecule has 0 atom stereocenters. The average molecular weight is 286 g/mol. The second-order valence-corrected chi connectivity index (χ2v) is 5.71. The number of aromatic nitrogens is 1. The Labute approximate surface area is 121 Å². The zero-order chi connectivity index (χ0) is 13.2. The first-order valence-electron chi connectivity index (χ1n) is 6.01. The lowest BCUT2D eigenvalue weighted by molar-refractivity contribution is 1.39. The summed E-state index contributed by atoms with van der Waals surface area (Å²) in [6.45, 7) is 2.09. The van der Waals surface area contributed by atoms with Crippen molar-refractivity contribution in [1.29, 1.82) is 0 Å². The van der Waals surface area contributed by atoms with E-state index in [0.29, 0.717) is 0 Å². The fourth-order valence-electron chi connectivity index (χ4n) is 1.86. The Kier molecular flexibility index (Phi) is 3.36. The van der Waals surface area contributed by atoms with E-state index in [1.807, 2.05) is 24.3 Å². The summed E-state index contributed by atoms with van der Waals surface area (Å²) < 4.78 is 0. The molecule has 0 radical (unpaired) electrons. The van der Waals surface area contributed by atoms with Crippen molar-refractivity contribution < 1.29 is 0 Å². The van der Waals surface area contributed by atoms with E-state index in [9.17, 15) is 0 Å². The van der Waals surface area contributed by atoms with Gasteiger partial charge in [-0.25, -0.2) is 4.98 Å². The van der Waals surface area contributed by atoms with Crippen LogP contribution < -0.4 is 0 Å². The van der Waals surface area contributed by atoms with Crippen LogP contribution in [0, 0.1) is 6.92 Å². The summed E-state index contributed by atoms with van der Waals surface area (Å²) in [4.78, 5) is 4.69. The Hall–Kier alpha value is -1.64. The van der Waals surface area contributed by atoms with E-state index in [0.717, 1.165) is 26.9 Å². The summed E-state index contributed by atoms with van der Waals surface area (Å²) in [6, 6.07) is 16.2. The first-order valence-corrected chi connectivity index (χ1v) is 7.27. The molecule has 0 aliphatic heterocycles. The maximum Gasteiger partial charge on any atom is 0.124 e. The van der Waals surface area contributed by atoms with Gasteiger partial charge in [-0.2, -0.15) is 0 Å². The molecule has 0 saturated carbocycles. The van der Waals surface area contributed by atoms with Gasteiger partial charge in [0.2, 0.25) is 0 Å². The lowest BCUT2D eigenvalue weighted by atomic mass is 10.1. The molecule has 1 aromatic heterocycles. The van der Waals surface area contributed by atoms with Gasteiger partial charge in [0.05, 0.1) is 5.69 Å². The van der Waals surface area contributed by atoms with Crippen molar-refractivity contribution in [3.63, 3.8) is 0 Å². The predicted octanol–water partition coefficient (Wildman–Crippen LogP) is 5.44. The Balaban J connectivity index is 1.95. The Morgan fingerprint density at radius 3 is 2.21 bits per heavy atom. The van der Waals surface area contributed by atoms with E-state index >= 15 is 0 Å². The van der Waals surface area contributed by atoms with Gasteiger partial charge in [0.15, 0.2) is 0 Å². The molecule has 0 unspecified atom stereocenters. The summed E-state index contributed by atoms with van der Waals surface area (Å²) in [7, 11) is 0. The number of hydrogen-bond donors (Lipinski definition) is 0. The highest BCUT2D eigenvalue weighted by molar-refractivity contribution is 7.13. The monoisotopic (exact) mass is 285 g/mol. The van der Waals surface area contributed by atoms with E-state index < -0.39 is 0 Å². The predicted molar refractivity (Wildman–Crippen MR) is 82.7 cm³/mol. The molecule has 3 aromatic rings. The maximum absolute atomic E-state index is 5.90. The summed E-state index contributed by atoms with van der Waals surface area (Å²) in [5.74, 6) is 0. The minimum Gasteiger partial charge on any atom is -0.236 e. The molecule has 0 saturated heterocycles. The third-order valence-corrected chi connectivity index (χ3v) is 4.09. The molecule has 1 nitrogen and oxygen atoms in total. The Bertz CT molecular complexity index is 624. The van der Waals surface area contributed by atoms with Crippen molar-refractivity contribution in [2.75, 3.05) is 0 Å². The molecule has 3 heteroatoms. The molecule has 0 fully saturated rings. The van der Waals surface area contributed by atoms with E-state index in [2.05, 4.69) is 41.6 Å². The molecule has 0 aliphatic carbocycles. The van der Waals surface area contributed by atoms with Gasteiger partial charge < -0.3 is 0 Å². The summed E-state index contributed by atoms with van der Waals surface area (Å²) in [5.41, 5.74) is 4.52. The lowest BCUT2D eigenvalue weighted by Crippen LogP contribution is -1.80. The molecule has 0 bridgehead atoms.